The molecule has 0 amide bonds. The van der Waals surface area contributed by atoms with Gasteiger partial charge in [-0.3, -0.25) is 0 Å². The van der Waals surface area contributed by atoms with Crippen LogP contribution in [0.5, 0.6) is 0 Å². The molecule has 1 aromatic carbocycles. The lowest BCUT2D eigenvalue weighted by Gasteiger charge is -2.13. The molecule has 1 N–H and O–H groups in total. The maximum Gasteiger partial charge on any atom is 0.0223 e. The van der Waals surface area contributed by atoms with Crippen LogP contribution in [0.2, 0.25) is 0 Å². The molecule has 108 valence electrons. The van der Waals surface area contributed by atoms with Crippen molar-refractivity contribution in [2.24, 2.45) is 0 Å². The maximum absolute atomic E-state index is 3.61. The number of nitrogens with one attached hydrogen (secondary N) is 1. The molecule has 0 bridgehead atoms. The molecular weight excluding hydrogens is 244 g/mol. The third kappa shape index (κ3) is 4.86. The molecule has 1 unspecified atom stereocenters. The van der Waals surface area contributed by atoms with Gasteiger partial charge in [0.1, 0.15) is 0 Å². The van der Waals surface area contributed by atoms with E-state index in [9.17, 15) is 0 Å². The largest absolute Gasteiger partial charge is 0.354 e. The van der Waals surface area contributed by atoms with Crippen LogP contribution < -0.4 is 5.32 Å². The Hall–Kier alpha value is -1.54. The van der Waals surface area contributed by atoms with Crippen LogP contribution in [0.4, 0.5) is 0 Å². The monoisotopic (exact) mass is 270 g/mol. The Morgan fingerprint density at radius 2 is 1.90 bits per heavy atom. The first-order valence-electron chi connectivity index (χ1n) is 7.70. The van der Waals surface area contributed by atoms with Crippen LogP contribution in [0, 0.1) is 0 Å². The zero-order valence-electron chi connectivity index (χ0n) is 12.7. The molecule has 1 heterocycles. The highest BCUT2D eigenvalue weighted by atomic mass is 14.9. The molecule has 0 aliphatic heterocycles. The van der Waals surface area contributed by atoms with Crippen LogP contribution in [0.15, 0.2) is 48.8 Å². The summed E-state index contributed by atoms with van der Waals surface area (Å²) in [5.41, 5.74) is 2.81. The summed E-state index contributed by atoms with van der Waals surface area (Å²) in [6.07, 6.45) is 7.94. The molecule has 0 spiro atoms. The molecule has 2 aromatic rings. The van der Waals surface area contributed by atoms with Crippen molar-refractivity contribution in [1.29, 1.82) is 0 Å². The first-order valence-corrected chi connectivity index (χ1v) is 7.70. The second-order valence-corrected chi connectivity index (χ2v) is 5.56. The van der Waals surface area contributed by atoms with Gasteiger partial charge >= 0.3 is 0 Å². The van der Waals surface area contributed by atoms with Crippen LogP contribution >= 0.6 is 0 Å². The number of aryl methyl sites for hydroxylation is 2. The van der Waals surface area contributed by atoms with Crippen molar-refractivity contribution in [3.05, 3.63) is 59.9 Å². The van der Waals surface area contributed by atoms with E-state index in [0.29, 0.717) is 6.04 Å². The summed E-state index contributed by atoms with van der Waals surface area (Å²) >= 11 is 0. The van der Waals surface area contributed by atoms with Gasteiger partial charge in [0.25, 0.3) is 0 Å². The van der Waals surface area contributed by atoms with Crippen LogP contribution in [-0.4, -0.2) is 10.6 Å². The predicted molar refractivity (Wildman–Crippen MR) is 85.8 cm³/mol. The summed E-state index contributed by atoms with van der Waals surface area (Å²) < 4.78 is 2.27. The van der Waals surface area contributed by atoms with Gasteiger partial charge in [-0.2, -0.15) is 0 Å². The maximum atomic E-state index is 3.61. The second-order valence-electron chi connectivity index (χ2n) is 5.56. The summed E-state index contributed by atoms with van der Waals surface area (Å²) in [5.74, 6) is 0. The summed E-state index contributed by atoms with van der Waals surface area (Å²) in [4.78, 5) is 0. The van der Waals surface area contributed by atoms with E-state index >= 15 is 0 Å². The highest BCUT2D eigenvalue weighted by Gasteiger charge is 2.03. The SMILES string of the molecule is CCCn1ccc(CNC(C)CCc2ccccc2)c1. The normalized spacial score (nSPS) is 12.5. The Labute approximate surface area is 122 Å². The molecule has 0 aliphatic carbocycles. The van der Waals surface area contributed by atoms with Gasteiger partial charge in [0.05, 0.1) is 0 Å². The fraction of sp³-hybridized carbons (Fsp3) is 0.444. The Balaban J connectivity index is 1.70. The Bertz CT molecular complexity index is 487. The topological polar surface area (TPSA) is 17.0 Å². The third-order valence-corrected chi connectivity index (χ3v) is 3.66. The van der Waals surface area contributed by atoms with Gasteiger partial charge in [-0.25, -0.2) is 0 Å². The molecule has 0 saturated heterocycles. The fourth-order valence-corrected chi connectivity index (χ4v) is 2.41. The molecule has 0 radical (unpaired) electrons. The molecule has 2 nitrogen and oxygen atoms in total. The lowest BCUT2D eigenvalue weighted by atomic mass is 10.1. The first kappa shape index (κ1) is 14.9. The lowest BCUT2D eigenvalue weighted by Crippen LogP contribution is -2.25. The van der Waals surface area contributed by atoms with Crippen molar-refractivity contribution in [3.63, 3.8) is 0 Å². The van der Waals surface area contributed by atoms with Crippen LogP contribution in [-0.2, 0) is 19.5 Å². The number of aromatic nitrogens is 1. The highest BCUT2D eigenvalue weighted by molar-refractivity contribution is 5.15. The van der Waals surface area contributed by atoms with Gasteiger partial charge in [0.15, 0.2) is 0 Å². The van der Waals surface area contributed by atoms with Crippen molar-refractivity contribution in [1.82, 2.24) is 9.88 Å². The zero-order chi connectivity index (χ0) is 14.2. The number of hydrogen-bond acceptors (Lipinski definition) is 1. The molecule has 0 aliphatic rings. The van der Waals surface area contributed by atoms with E-state index in [0.717, 1.165) is 19.5 Å². The molecule has 20 heavy (non-hydrogen) atoms. The molecule has 1 aromatic heterocycles. The average Bonchev–Trinajstić information content (AvgIpc) is 2.92. The molecule has 2 heteroatoms. The highest BCUT2D eigenvalue weighted by Crippen LogP contribution is 2.06. The minimum atomic E-state index is 0.546. The Morgan fingerprint density at radius 3 is 2.65 bits per heavy atom. The van der Waals surface area contributed by atoms with E-state index in [2.05, 4.69) is 72.5 Å². The minimum Gasteiger partial charge on any atom is -0.354 e. The second kappa shape index (κ2) is 7.91. The Morgan fingerprint density at radius 1 is 1.10 bits per heavy atom. The quantitative estimate of drug-likeness (QED) is 0.767. The van der Waals surface area contributed by atoms with E-state index in [1.807, 2.05) is 0 Å². The lowest BCUT2D eigenvalue weighted by molar-refractivity contribution is 0.513. The number of rotatable bonds is 8. The van der Waals surface area contributed by atoms with Gasteiger partial charge in [-0.05, 0) is 43.4 Å². The summed E-state index contributed by atoms with van der Waals surface area (Å²) in [7, 11) is 0. The van der Waals surface area contributed by atoms with E-state index in [1.54, 1.807) is 0 Å². The minimum absolute atomic E-state index is 0.546. The standard InChI is InChI=1S/C18H26N2/c1-3-12-20-13-11-18(15-20)14-19-16(2)9-10-17-7-5-4-6-8-17/h4-8,11,13,15-16,19H,3,9-10,12,14H2,1-2H3. The zero-order valence-corrected chi connectivity index (χ0v) is 12.7. The molecule has 1 atom stereocenters. The van der Waals surface area contributed by atoms with Crippen molar-refractivity contribution >= 4 is 0 Å². The fourth-order valence-electron chi connectivity index (χ4n) is 2.41. The average molecular weight is 270 g/mol. The smallest absolute Gasteiger partial charge is 0.0223 e. The molecular formula is C18H26N2. The van der Waals surface area contributed by atoms with Crippen LogP contribution in [0.25, 0.3) is 0 Å². The van der Waals surface area contributed by atoms with E-state index in [1.165, 1.54) is 24.0 Å². The number of nitrogens with zero attached hydrogens (tertiary/aromatic N) is 1. The third-order valence-electron chi connectivity index (χ3n) is 3.66. The van der Waals surface area contributed by atoms with Crippen LogP contribution in [0.3, 0.4) is 0 Å². The van der Waals surface area contributed by atoms with E-state index in [4.69, 9.17) is 0 Å². The van der Waals surface area contributed by atoms with Gasteiger partial charge in [0.2, 0.25) is 0 Å². The van der Waals surface area contributed by atoms with Gasteiger partial charge in [0, 0.05) is 31.5 Å². The van der Waals surface area contributed by atoms with Gasteiger partial charge in [-0.15, -0.1) is 0 Å². The van der Waals surface area contributed by atoms with Crippen molar-refractivity contribution in [2.45, 2.75) is 52.2 Å². The van der Waals surface area contributed by atoms with Crippen molar-refractivity contribution < 1.29 is 0 Å². The molecule has 2 rings (SSSR count). The number of hydrogen-bond donors (Lipinski definition) is 1. The Kier molecular flexibility index (Phi) is 5.87. The summed E-state index contributed by atoms with van der Waals surface area (Å²) in [5, 5.41) is 3.61. The van der Waals surface area contributed by atoms with Crippen molar-refractivity contribution in [3.8, 4) is 0 Å². The van der Waals surface area contributed by atoms with Gasteiger partial charge in [-0.1, -0.05) is 37.3 Å². The van der Waals surface area contributed by atoms with Crippen LogP contribution in [0.1, 0.15) is 37.8 Å². The van der Waals surface area contributed by atoms with E-state index < -0.39 is 0 Å². The number of benzene rings is 1. The molecule has 0 fully saturated rings. The first-order chi connectivity index (χ1) is 9.78. The summed E-state index contributed by atoms with van der Waals surface area (Å²) in [6, 6.07) is 13.5. The predicted octanol–water partition coefficient (Wildman–Crippen LogP) is 4.01. The summed E-state index contributed by atoms with van der Waals surface area (Å²) in [6.45, 7) is 6.56. The van der Waals surface area contributed by atoms with Gasteiger partial charge < -0.3 is 9.88 Å². The van der Waals surface area contributed by atoms with E-state index in [-0.39, 0.29) is 0 Å². The molecule has 0 saturated carbocycles. The van der Waals surface area contributed by atoms with Crippen molar-refractivity contribution in [2.75, 3.05) is 0 Å².